The maximum Gasteiger partial charge on any atom is 0.191 e. The monoisotopic (exact) mass is 422 g/mol. The van der Waals surface area contributed by atoms with Crippen molar-refractivity contribution in [2.24, 2.45) is 0 Å². The normalized spacial score (nSPS) is 17.3. The van der Waals surface area contributed by atoms with Crippen LogP contribution in [0.1, 0.15) is 18.1 Å². The van der Waals surface area contributed by atoms with Crippen LogP contribution in [0.2, 0.25) is 0 Å². The largest absolute Gasteiger partial charge is 0.287 e. The van der Waals surface area contributed by atoms with Crippen molar-refractivity contribution in [3.8, 4) is 0 Å². The van der Waals surface area contributed by atoms with Crippen LogP contribution >= 0.6 is 22.5 Å². The Labute approximate surface area is 165 Å². The highest BCUT2D eigenvalue weighted by molar-refractivity contribution is 8.41. The van der Waals surface area contributed by atoms with Crippen molar-refractivity contribution in [1.82, 2.24) is 0 Å². The molecule has 2 aromatic rings. The SMILES string of the molecule is CC(=O)SC1=S(O[Cl+3]([O-])([O-])[O-])C(c2ccccc2)=CC(c2ccccc2)=C1. The van der Waals surface area contributed by atoms with E-state index in [1.165, 1.54) is 6.92 Å². The molecule has 1 unspecified atom stereocenters. The highest BCUT2D eigenvalue weighted by atomic mass is 35.7. The van der Waals surface area contributed by atoms with Gasteiger partial charge >= 0.3 is 0 Å². The summed E-state index contributed by atoms with van der Waals surface area (Å²) in [6, 6.07) is 18.5. The van der Waals surface area contributed by atoms with Crippen molar-refractivity contribution in [2.45, 2.75) is 6.92 Å². The van der Waals surface area contributed by atoms with Crippen LogP contribution in [-0.2, 0) is 8.53 Å². The van der Waals surface area contributed by atoms with Crippen molar-refractivity contribution in [2.75, 3.05) is 0 Å². The summed E-state index contributed by atoms with van der Waals surface area (Å²) in [5.41, 5.74) is 2.41. The van der Waals surface area contributed by atoms with Crippen molar-refractivity contribution in [3.63, 3.8) is 0 Å². The maximum absolute atomic E-state index is 11.7. The number of carbonyl (C=O) groups is 1. The number of allylic oxidation sites excluding steroid dienone is 2. The highest BCUT2D eigenvalue weighted by Gasteiger charge is 2.32. The second-order valence-corrected chi connectivity index (χ2v) is 9.62. The predicted molar refractivity (Wildman–Crippen MR) is 101 cm³/mol. The maximum atomic E-state index is 11.7. The Morgan fingerprint density at radius 2 is 1.48 bits per heavy atom. The number of carbonyl (C=O) groups excluding carboxylic acids is 1. The lowest BCUT2D eigenvalue weighted by atomic mass is 10.0. The van der Waals surface area contributed by atoms with Crippen LogP contribution < -0.4 is 14.0 Å². The molecule has 5 nitrogen and oxygen atoms in total. The number of thioether (sulfide) groups is 1. The van der Waals surface area contributed by atoms with E-state index in [9.17, 15) is 18.8 Å². The summed E-state index contributed by atoms with van der Waals surface area (Å²) >= 11 is 0.861. The molecule has 0 saturated heterocycles. The van der Waals surface area contributed by atoms with E-state index >= 15 is 0 Å². The van der Waals surface area contributed by atoms with Gasteiger partial charge in [0.2, 0.25) is 0 Å². The van der Waals surface area contributed by atoms with Gasteiger partial charge in [-0.3, -0.25) is 4.79 Å². The number of hydrogen-bond acceptors (Lipinski definition) is 6. The van der Waals surface area contributed by atoms with E-state index in [4.69, 9.17) is 3.74 Å². The Balaban J connectivity index is 2.21. The minimum absolute atomic E-state index is 0.232. The van der Waals surface area contributed by atoms with Gasteiger partial charge in [0.15, 0.2) is 15.9 Å². The lowest BCUT2D eigenvalue weighted by molar-refractivity contribution is -1.91. The Morgan fingerprint density at radius 1 is 0.926 bits per heavy atom. The second-order valence-electron chi connectivity index (χ2n) is 5.46. The van der Waals surface area contributed by atoms with Gasteiger partial charge in [-0.05, 0) is 40.6 Å². The van der Waals surface area contributed by atoms with Gasteiger partial charge in [-0.25, -0.2) is 0 Å². The van der Waals surface area contributed by atoms with Crippen LogP contribution in [0.25, 0.3) is 10.5 Å². The summed E-state index contributed by atoms with van der Waals surface area (Å²) in [5, 5.41) is -0.232. The minimum atomic E-state index is -4.67. The van der Waals surface area contributed by atoms with E-state index in [0.717, 1.165) is 22.9 Å². The van der Waals surface area contributed by atoms with Gasteiger partial charge in [0.25, 0.3) is 0 Å². The molecular weight excluding hydrogens is 408 g/mol. The molecule has 0 saturated carbocycles. The number of hydrogen-bond donors (Lipinski definition) is 0. The van der Waals surface area contributed by atoms with E-state index in [1.807, 2.05) is 36.4 Å². The zero-order valence-corrected chi connectivity index (χ0v) is 16.6. The third-order valence-corrected chi connectivity index (χ3v) is 7.16. The van der Waals surface area contributed by atoms with Crippen LogP contribution in [-0.4, -0.2) is 9.31 Å². The average molecular weight is 423 g/mol. The van der Waals surface area contributed by atoms with E-state index in [1.54, 1.807) is 36.4 Å². The molecule has 0 bridgehead atoms. The van der Waals surface area contributed by atoms with Gasteiger partial charge in [0.05, 0.1) is 19.3 Å². The molecule has 0 fully saturated rings. The van der Waals surface area contributed by atoms with Crippen molar-refractivity contribution < 1.29 is 32.8 Å². The highest BCUT2D eigenvalue weighted by Crippen LogP contribution is 2.45. The smallest absolute Gasteiger partial charge is 0.191 e. The first-order valence-corrected chi connectivity index (χ1v) is 11.0. The summed E-state index contributed by atoms with van der Waals surface area (Å²) in [6.45, 7) is 1.37. The lowest BCUT2D eigenvalue weighted by Crippen LogP contribution is -2.60. The van der Waals surface area contributed by atoms with Crippen molar-refractivity contribution in [1.29, 1.82) is 0 Å². The zero-order valence-electron chi connectivity index (χ0n) is 14.2. The van der Waals surface area contributed by atoms with Gasteiger partial charge in [0, 0.05) is 6.92 Å². The molecule has 2 aromatic carbocycles. The summed E-state index contributed by atoms with van der Waals surface area (Å²) in [4.78, 5) is 12.2. The van der Waals surface area contributed by atoms with Gasteiger partial charge in [-0.1, -0.05) is 60.7 Å². The minimum Gasteiger partial charge on any atom is -0.287 e. The molecule has 1 atom stereocenters. The molecule has 8 heteroatoms. The number of benzene rings is 2. The predicted octanol–water partition coefficient (Wildman–Crippen LogP) is 1.63. The summed E-state index contributed by atoms with van der Waals surface area (Å²) in [5.74, 6) is 0. The summed E-state index contributed by atoms with van der Waals surface area (Å²) in [7, 11) is -6.19. The Hall–Kier alpha value is -1.71. The van der Waals surface area contributed by atoms with E-state index in [-0.39, 0.29) is 5.12 Å². The molecular formula is C19H15ClO5S2. The Morgan fingerprint density at radius 3 is 2.00 bits per heavy atom. The van der Waals surface area contributed by atoms with Crippen molar-refractivity contribution >= 4 is 42.3 Å². The molecule has 1 heterocycles. The molecule has 0 aliphatic carbocycles. The molecule has 27 heavy (non-hydrogen) atoms. The van der Waals surface area contributed by atoms with E-state index in [2.05, 4.69) is 0 Å². The molecule has 0 spiro atoms. The molecule has 140 valence electrons. The third-order valence-electron chi connectivity index (χ3n) is 3.49. The third kappa shape index (κ3) is 5.40. The van der Waals surface area contributed by atoms with Gasteiger partial charge in [0.1, 0.15) is 3.74 Å². The fourth-order valence-electron chi connectivity index (χ4n) is 2.47. The number of rotatable bonds is 4. The second kappa shape index (κ2) is 8.53. The zero-order chi connectivity index (χ0) is 19.4. The Bertz CT molecular complexity index is 932. The molecule has 0 radical (unpaired) electrons. The summed E-state index contributed by atoms with van der Waals surface area (Å²) < 4.78 is 39.1. The Kier molecular flexibility index (Phi) is 6.33. The first kappa shape index (κ1) is 20.0. The first-order chi connectivity index (χ1) is 12.8. The van der Waals surface area contributed by atoms with Crippen LogP contribution in [0.3, 0.4) is 0 Å². The topological polar surface area (TPSA) is 95.5 Å². The molecule has 0 aromatic heterocycles. The first-order valence-electron chi connectivity index (χ1n) is 7.78. The van der Waals surface area contributed by atoms with Gasteiger partial charge in [-0.2, -0.15) is 14.0 Å². The van der Waals surface area contributed by atoms with E-state index < -0.39 is 21.0 Å². The molecule has 1 aliphatic rings. The summed E-state index contributed by atoms with van der Waals surface area (Å²) in [6.07, 6.45) is 3.48. The number of halogens is 1. The quantitative estimate of drug-likeness (QED) is 0.695. The molecule has 0 amide bonds. The fraction of sp³-hybridized carbons (Fsp3) is 0.0526. The van der Waals surface area contributed by atoms with Gasteiger partial charge in [-0.15, -0.1) is 0 Å². The van der Waals surface area contributed by atoms with Gasteiger partial charge < -0.3 is 0 Å². The van der Waals surface area contributed by atoms with Crippen LogP contribution in [0, 0.1) is 10.2 Å². The molecule has 0 N–H and O–H groups in total. The van der Waals surface area contributed by atoms with Crippen LogP contribution in [0.5, 0.6) is 0 Å². The lowest BCUT2D eigenvalue weighted by Gasteiger charge is -2.21. The molecule has 3 rings (SSSR count). The van der Waals surface area contributed by atoms with Crippen LogP contribution in [0.15, 0.2) is 72.8 Å². The van der Waals surface area contributed by atoms with Crippen molar-refractivity contribution in [3.05, 3.63) is 83.9 Å². The average Bonchev–Trinajstić information content (AvgIpc) is 2.63. The standard InChI is InChI=1S/C19H15ClO5S2/c1-14(21)26-19-13-17(15-8-4-2-5-9-15)12-18(16-10-6-3-7-11-16)27(19)25-20(22,23)24/h2-13H,1H3. The van der Waals surface area contributed by atoms with E-state index in [0.29, 0.717) is 14.7 Å². The van der Waals surface area contributed by atoms with Crippen LogP contribution in [0.4, 0.5) is 0 Å². The molecule has 1 aliphatic heterocycles. The fourth-order valence-corrected chi connectivity index (χ4v) is 6.26.